The van der Waals surface area contributed by atoms with Gasteiger partial charge in [0.1, 0.15) is 12.7 Å². The van der Waals surface area contributed by atoms with Gasteiger partial charge in [-0.2, -0.15) is 0 Å². The number of hydrogen-bond acceptors (Lipinski definition) is 6. The molecule has 3 aromatic rings. The first-order valence-electron chi connectivity index (χ1n) is 14.1. The molecule has 0 aliphatic heterocycles. The summed E-state index contributed by atoms with van der Waals surface area (Å²) in [5, 5.41) is 6.18. The van der Waals surface area contributed by atoms with Gasteiger partial charge in [0.25, 0.3) is 0 Å². The second-order valence-corrected chi connectivity index (χ2v) is 12.0. The van der Waals surface area contributed by atoms with Crippen molar-refractivity contribution in [3.05, 3.63) is 88.4 Å². The summed E-state index contributed by atoms with van der Waals surface area (Å²) < 4.78 is 11.3. The molecule has 1 heterocycles. The van der Waals surface area contributed by atoms with Gasteiger partial charge < -0.3 is 20.1 Å². The number of carbonyl (C=O) groups excluding carboxylic acids is 2. The van der Waals surface area contributed by atoms with Crippen molar-refractivity contribution >= 4 is 23.5 Å². The first-order valence-corrected chi connectivity index (χ1v) is 15.0. The number of rotatable bonds is 15. The van der Waals surface area contributed by atoms with Crippen LogP contribution in [0.4, 0.5) is 9.59 Å². The van der Waals surface area contributed by atoms with Gasteiger partial charge >= 0.3 is 12.2 Å². The highest BCUT2D eigenvalue weighted by Crippen LogP contribution is 2.18. The molecule has 0 aliphatic carbocycles. The summed E-state index contributed by atoms with van der Waals surface area (Å²) in [6, 6.07) is 19.8. The zero-order valence-corrected chi connectivity index (χ0v) is 24.9. The van der Waals surface area contributed by atoms with E-state index in [9.17, 15) is 9.59 Å². The Morgan fingerprint density at radius 1 is 0.825 bits per heavy atom. The molecule has 0 bridgehead atoms. The van der Waals surface area contributed by atoms with Crippen LogP contribution in [-0.4, -0.2) is 35.4 Å². The third-order valence-corrected chi connectivity index (χ3v) is 7.45. The van der Waals surface area contributed by atoms with Crippen LogP contribution in [0.1, 0.15) is 63.0 Å². The number of hydrogen-bond donors (Lipinski definition) is 2. The predicted molar refractivity (Wildman–Crippen MR) is 160 cm³/mol. The minimum atomic E-state index is -0.463. The molecular weight excluding hydrogens is 522 g/mol. The van der Waals surface area contributed by atoms with Crippen LogP contribution in [0.2, 0.25) is 0 Å². The van der Waals surface area contributed by atoms with E-state index in [0.29, 0.717) is 31.6 Å². The van der Waals surface area contributed by atoms with Gasteiger partial charge in [-0.25, -0.2) is 9.59 Å². The van der Waals surface area contributed by atoms with Gasteiger partial charge in [-0.15, -0.1) is 11.3 Å². The van der Waals surface area contributed by atoms with Crippen LogP contribution in [-0.2, 0) is 28.9 Å². The Labute approximate surface area is 242 Å². The molecule has 0 saturated heterocycles. The lowest BCUT2D eigenvalue weighted by molar-refractivity contribution is 0.0555. The molecule has 0 radical (unpaired) electrons. The van der Waals surface area contributed by atoms with E-state index in [1.165, 1.54) is 11.3 Å². The molecule has 0 spiro atoms. The minimum Gasteiger partial charge on any atom is -0.446 e. The summed E-state index contributed by atoms with van der Waals surface area (Å²) >= 11 is 1.45. The molecular formula is C32H43N3O4S. The summed E-state index contributed by atoms with van der Waals surface area (Å²) in [4.78, 5) is 30.6. The highest BCUT2D eigenvalue weighted by Gasteiger charge is 2.23. The maximum atomic E-state index is 13.0. The van der Waals surface area contributed by atoms with E-state index in [1.807, 2.05) is 36.4 Å². The zero-order valence-electron chi connectivity index (χ0n) is 24.0. The van der Waals surface area contributed by atoms with Crippen LogP contribution >= 0.6 is 11.3 Å². The van der Waals surface area contributed by atoms with E-state index in [2.05, 4.69) is 67.6 Å². The molecule has 2 N–H and O–H groups in total. The lowest BCUT2D eigenvalue weighted by atomic mass is 9.96. The van der Waals surface area contributed by atoms with E-state index in [0.717, 1.165) is 22.4 Å². The average molecular weight is 566 g/mol. The Kier molecular flexibility index (Phi) is 13.0. The van der Waals surface area contributed by atoms with Crippen LogP contribution in [0.5, 0.6) is 0 Å². The van der Waals surface area contributed by atoms with Crippen molar-refractivity contribution in [3.8, 4) is 0 Å². The molecule has 0 fully saturated rings. The van der Waals surface area contributed by atoms with Crippen molar-refractivity contribution in [2.24, 2.45) is 11.8 Å². The van der Waals surface area contributed by atoms with Crippen molar-refractivity contribution in [3.63, 3.8) is 0 Å². The van der Waals surface area contributed by atoms with E-state index < -0.39 is 12.2 Å². The molecule has 40 heavy (non-hydrogen) atoms. The van der Waals surface area contributed by atoms with Gasteiger partial charge in [-0.1, -0.05) is 88.4 Å². The highest BCUT2D eigenvalue weighted by atomic mass is 32.1. The van der Waals surface area contributed by atoms with Gasteiger partial charge in [-0.3, -0.25) is 4.98 Å². The van der Waals surface area contributed by atoms with Crippen LogP contribution in [0.25, 0.3) is 0 Å². The lowest BCUT2D eigenvalue weighted by Crippen LogP contribution is -2.42. The highest BCUT2D eigenvalue weighted by molar-refractivity contribution is 7.09. The molecule has 1 aromatic heterocycles. The largest absolute Gasteiger partial charge is 0.446 e. The summed E-state index contributed by atoms with van der Waals surface area (Å²) in [5.41, 5.74) is 3.97. The third-order valence-electron chi connectivity index (χ3n) is 6.69. The lowest BCUT2D eigenvalue weighted by Gasteiger charge is -2.26. The SMILES string of the molecule is CC(C)CC(OC(=O)N[C@H](CC[C@H](Cc1ccccc1)NC(=O)OCc1cncs1)Cc1ccccc1)C(C)C. The first kappa shape index (κ1) is 31.1. The van der Waals surface area contributed by atoms with Gasteiger partial charge in [0.05, 0.1) is 10.4 Å². The van der Waals surface area contributed by atoms with Crippen molar-refractivity contribution in [1.82, 2.24) is 15.6 Å². The molecule has 2 amide bonds. The second-order valence-electron chi connectivity index (χ2n) is 11.0. The maximum Gasteiger partial charge on any atom is 0.407 e. The monoisotopic (exact) mass is 565 g/mol. The Bertz CT molecular complexity index is 1120. The summed E-state index contributed by atoms with van der Waals surface area (Å²) in [5.74, 6) is 0.664. The van der Waals surface area contributed by atoms with Crippen molar-refractivity contribution < 1.29 is 19.1 Å². The molecule has 0 saturated carbocycles. The van der Waals surface area contributed by atoms with Gasteiger partial charge in [-0.05, 0) is 55.1 Å². The van der Waals surface area contributed by atoms with Crippen LogP contribution in [0.15, 0.2) is 72.4 Å². The van der Waals surface area contributed by atoms with Crippen LogP contribution in [0.3, 0.4) is 0 Å². The zero-order chi connectivity index (χ0) is 28.7. The summed E-state index contributed by atoms with van der Waals surface area (Å²) in [6.45, 7) is 8.62. The average Bonchev–Trinajstić information content (AvgIpc) is 3.45. The number of aromatic nitrogens is 1. The number of benzene rings is 2. The quantitative estimate of drug-likeness (QED) is 0.204. The van der Waals surface area contributed by atoms with E-state index in [-0.39, 0.29) is 30.7 Å². The van der Waals surface area contributed by atoms with Gasteiger partial charge in [0.15, 0.2) is 0 Å². The molecule has 1 unspecified atom stereocenters. The third kappa shape index (κ3) is 11.8. The fraction of sp³-hybridized carbons (Fsp3) is 0.469. The number of nitrogens with one attached hydrogen (secondary N) is 2. The van der Waals surface area contributed by atoms with Crippen LogP contribution < -0.4 is 10.6 Å². The molecule has 2 aromatic carbocycles. The molecule has 7 nitrogen and oxygen atoms in total. The Balaban J connectivity index is 1.67. The van der Waals surface area contributed by atoms with Gasteiger partial charge in [0.2, 0.25) is 0 Å². The van der Waals surface area contributed by atoms with E-state index in [4.69, 9.17) is 9.47 Å². The molecule has 0 aliphatic rings. The number of carbonyl (C=O) groups is 2. The van der Waals surface area contributed by atoms with Crippen molar-refractivity contribution in [2.45, 2.75) is 84.6 Å². The smallest absolute Gasteiger partial charge is 0.407 e. The topological polar surface area (TPSA) is 89.6 Å². The minimum absolute atomic E-state index is 0.141. The fourth-order valence-corrected chi connectivity index (χ4v) is 5.07. The van der Waals surface area contributed by atoms with E-state index >= 15 is 0 Å². The fourth-order valence-electron chi connectivity index (χ4n) is 4.57. The second kappa shape index (κ2) is 16.7. The standard InChI is InChI=1S/C32H43N3O4S/c1-23(2)17-30(24(3)4)39-32(37)35-28(19-26-13-9-6-10-14-26)16-15-27(18-25-11-7-5-8-12-25)34-31(36)38-21-29-20-33-22-40-29/h5-14,20,22-24,27-28,30H,15-19,21H2,1-4H3,(H,34,36)(H,35,37)/t27-,28-,30?/m1/s1. The Morgan fingerprint density at radius 2 is 1.38 bits per heavy atom. The van der Waals surface area contributed by atoms with Gasteiger partial charge in [0, 0.05) is 18.3 Å². The summed E-state index contributed by atoms with van der Waals surface area (Å²) in [6.07, 6.45) is 4.16. The summed E-state index contributed by atoms with van der Waals surface area (Å²) in [7, 11) is 0. The number of amides is 2. The van der Waals surface area contributed by atoms with E-state index in [1.54, 1.807) is 11.7 Å². The number of thiazole rings is 1. The number of nitrogens with zero attached hydrogens (tertiary/aromatic N) is 1. The normalized spacial score (nSPS) is 13.4. The van der Waals surface area contributed by atoms with Crippen molar-refractivity contribution in [1.29, 1.82) is 0 Å². The Hall–Kier alpha value is -3.39. The number of alkyl carbamates (subject to hydrolysis) is 2. The predicted octanol–water partition coefficient (Wildman–Crippen LogP) is 7.17. The molecule has 216 valence electrons. The molecule has 3 rings (SSSR count). The maximum absolute atomic E-state index is 13.0. The van der Waals surface area contributed by atoms with Crippen LogP contribution in [0, 0.1) is 11.8 Å². The van der Waals surface area contributed by atoms with Crippen molar-refractivity contribution in [2.75, 3.05) is 0 Å². The number of ether oxygens (including phenoxy) is 2. The first-order chi connectivity index (χ1) is 19.3. The molecule has 3 atom stereocenters. The molecule has 8 heteroatoms. The Morgan fingerprint density at radius 3 is 1.85 bits per heavy atom.